The van der Waals surface area contributed by atoms with Crippen molar-refractivity contribution in [2.45, 2.75) is 23.8 Å². The number of hydrogen-bond acceptors (Lipinski definition) is 5. The molecule has 2 aromatic carbocycles. The first kappa shape index (κ1) is 20.9. The van der Waals surface area contributed by atoms with Crippen LogP contribution in [0.2, 0.25) is 0 Å². The molecule has 0 aliphatic rings. The predicted octanol–water partition coefficient (Wildman–Crippen LogP) is 5.58. The average Bonchev–Trinajstić information content (AvgIpc) is 3.16. The van der Waals surface area contributed by atoms with Crippen LogP contribution in [0.4, 0.5) is 13.2 Å². The molecule has 5 nitrogen and oxygen atoms in total. The lowest BCUT2D eigenvalue weighted by molar-refractivity contribution is -0.274. The smallest absolute Gasteiger partial charge is 0.406 e. The summed E-state index contributed by atoms with van der Waals surface area (Å²) < 4.78 is 42.9. The van der Waals surface area contributed by atoms with E-state index in [0.29, 0.717) is 23.3 Å². The van der Waals surface area contributed by atoms with E-state index in [1.165, 1.54) is 23.9 Å². The van der Waals surface area contributed by atoms with Gasteiger partial charge in [0, 0.05) is 23.7 Å². The largest absolute Gasteiger partial charge is 0.573 e. The van der Waals surface area contributed by atoms with Crippen molar-refractivity contribution in [1.29, 1.82) is 0 Å². The van der Waals surface area contributed by atoms with Gasteiger partial charge in [-0.1, -0.05) is 54.2 Å². The monoisotopic (exact) mass is 442 g/mol. The Kier molecular flexibility index (Phi) is 6.22. The van der Waals surface area contributed by atoms with Gasteiger partial charge < -0.3 is 4.74 Å². The first-order valence-corrected chi connectivity index (χ1v) is 10.3. The van der Waals surface area contributed by atoms with Crippen molar-refractivity contribution in [3.63, 3.8) is 0 Å². The number of thioether (sulfide) groups is 1. The second kappa shape index (κ2) is 9.22. The van der Waals surface area contributed by atoms with Crippen LogP contribution in [0.1, 0.15) is 11.1 Å². The molecule has 0 N–H and O–H groups in total. The number of halogens is 3. The molecule has 0 bridgehead atoms. The predicted molar refractivity (Wildman–Crippen MR) is 111 cm³/mol. The summed E-state index contributed by atoms with van der Waals surface area (Å²) in [4.78, 5) is 4.17. The molecule has 0 saturated carbocycles. The molecule has 0 saturated heterocycles. The molecular weight excluding hydrogens is 425 g/mol. The molecule has 2 aromatic heterocycles. The van der Waals surface area contributed by atoms with E-state index in [-0.39, 0.29) is 5.75 Å². The van der Waals surface area contributed by atoms with Crippen LogP contribution in [0.3, 0.4) is 0 Å². The van der Waals surface area contributed by atoms with Gasteiger partial charge in [0.25, 0.3) is 0 Å². The Bertz CT molecular complexity index is 1120. The lowest BCUT2D eigenvalue weighted by Gasteiger charge is -2.11. The minimum Gasteiger partial charge on any atom is -0.406 e. The van der Waals surface area contributed by atoms with Crippen LogP contribution in [-0.2, 0) is 12.3 Å². The first-order valence-electron chi connectivity index (χ1n) is 9.33. The average molecular weight is 442 g/mol. The number of hydrogen-bond donors (Lipinski definition) is 0. The summed E-state index contributed by atoms with van der Waals surface area (Å²) in [6, 6.07) is 19.5. The molecule has 0 unspecified atom stereocenters. The van der Waals surface area contributed by atoms with Gasteiger partial charge in [-0.3, -0.25) is 9.55 Å². The number of nitrogens with zero attached hydrogens (tertiary/aromatic N) is 4. The van der Waals surface area contributed by atoms with Crippen LogP contribution in [0.25, 0.3) is 11.4 Å². The second-order valence-electron chi connectivity index (χ2n) is 6.60. The molecule has 0 atom stereocenters. The van der Waals surface area contributed by atoms with E-state index in [9.17, 15) is 13.2 Å². The van der Waals surface area contributed by atoms with Crippen molar-refractivity contribution in [2.24, 2.45) is 0 Å². The molecular formula is C22H17F3N4OS. The zero-order valence-corrected chi connectivity index (χ0v) is 17.0. The molecule has 0 fully saturated rings. The summed E-state index contributed by atoms with van der Waals surface area (Å²) in [7, 11) is 0. The highest BCUT2D eigenvalue weighted by Crippen LogP contribution is 2.28. The maximum atomic E-state index is 12.3. The fourth-order valence-corrected chi connectivity index (χ4v) is 3.84. The molecule has 9 heteroatoms. The lowest BCUT2D eigenvalue weighted by atomic mass is 10.2. The highest BCUT2D eigenvalue weighted by molar-refractivity contribution is 7.98. The molecule has 31 heavy (non-hydrogen) atoms. The second-order valence-corrected chi connectivity index (χ2v) is 7.54. The topological polar surface area (TPSA) is 52.8 Å². The Hall–Kier alpha value is -3.33. The van der Waals surface area contributed by atoms with E-state index in [1.807, 2.05) is 47.0 Å². The first-order chi connectivity index (χ1) is 15.0. The molecule has 4 aromatic rings. The van der Waals surface area contributed by atoms with Crippen LogP contribution in [-0.4, -0.2) is 26.1 Å². The van der Waals surface area contributed by atoms with E-state index in [1.54, 1.807) is 24.5 Å². The van der Waals surface area contributed by atoms with Gasteiger partial charge in [-0.25, -0.2) is 0 Å². The van der Waals surface area contributed by atoms with E-state index < -0.39 is 6.36 Å². The Balaban J connectivity index is 1.54. The molecule has 0 spiro atoms. The number of rotatable bonds is 7. The Morgan fingerprint density at radius 1 is 0.871 bits per heavy atom. The summed E-state index contributed by atoms with van der Waals surface area (Å²) in [5, 5.41) is 9.41. The lowest BCUT2D eigenvalue weighted by Crippen LogP contribution is -2.16. The normalized spacial score (nSPS) is 11.5. The summed E-state index contributed by atoms with van der Waals surface area (Å²) in [6.45, 7) is 0.582. The quantitative estimate of drug-likeness (QED) is 0.350. The number of benzene rings is 2. The summed E-state index contributed by atoms with van der Waals surface area (Å²) in [5.74, 6) is 0.979. The summed E-state index contributed by atoms with van der Waals surface area (Å²) in [5.41, 5.74) is 2.80. The van der Waals surface area contributed by atoms with Crippen molar-refractivity contribution in [3.8, 4) is 17.1 Å². The maximum absolute atomic E-state index is 12.3. The van der Waals surface area contributed by atoms with Crippen LogP contribution in [0.5, 0.6) is 5.75 Å². The standard InChI is InChI=1S/C22H17F3N4OS/c23-22(24,25)30-19-10-8-17(9-11-19)15-31-21-28-27-20(18-7-4-12-26-13-18)29(21)14-16-5-2-1-3-6-16/h1-13H,14-15H2. The van der Waals surface area contributed by atoms with Crippen molar-refractivity contribution in [2.75, 3.05) is 0 Å². The Labute approximate surface area is 180 Å². The Morgan fingerprint density at radius 3 is 2.32 bits per heavy atom. The minimum absolute atomic E-state index is 0.243. The van der Waals surface area contributed by atoms with Crippen LogP contribution in [0.15, 0.2) is 84.3 Å². The van der Waals surface area contributed by atoms with E-state index in [2.05, 4.69) is 19.9 Å². The van der Waals surface area contributed by atoms with E-state index >= 15 is 0 Å². The van der Waals surface area contributed by atoms with Crippen LogP contribution >= 0.6 is 11.8 Å². The minimum atomic E-state index is -4.70. The van der Waals surface area contributed by atoms with Gasteiger partial charge in [-0.2, -0.15) is 0 Å². The molecule has 158 valence electrons. The van der Waals surface area contributed by atoms with Gasteiger partial charge in [-0.15, -0.1) is 23.4 Å². The van der Waals surface area contributed by atoms with Crippen molar-refractivity contribution in [1.82, 2.24) is 19.7 Å². The molecule has 0 aliphatic carbocycles. The van der Waals surface area contributed by atoms with Crippen molar-refractivity contribution < 1.29 is 17.9 Å². The number of pyridine rings is 1. The summed E-state index contributed by atoms with van der Waals surface area (Å²) in [6.07, 6.45) is -1.27. The zero-order chi connectivity index (χ0) is 21.7. The number of ether oxygens (including phenoxy) is 1. The zero-order valence-electron chi connectivity index (χ0n) is 16.2. The maximum Gasteiger partial charge on any atom is 0.573 e. The summed E-state index contributed by atoms with van der Waals surface area (Å²) >= 11 is 1.46. The molecule has 0 aliphatic heterocycles. The van der Waals surface area contributed by atoms with Gasteiger partial charge in [-0.05, 0) is 35.4 Å². The molecule has 0 amide bonds. The van der Waals surface area contributed by atoms with Gasteiger partial charge in [0.05, 0.1) is 6.54 Å². The van der Waals surface area contributed by atoms with Gasteiger partial charge in [0.15, 0.2) is 11.0 Å². The third-order valence-electron chi connectivity index (χ3n) is 4.34. The van der Waals surface area contributed by atoms with Crippen molar-refractivity contribution >= 4 is 11.8 Å². The number of aromatic nitrogens is 4. The van der Waals surface area contributed by atoms with E-state index in [4.69, 9.17) is 0 Å². The van der Waals surface area contributed by atoms with Crippen molar-refractivity contribution in [3.05, 3.63) is 90.3 Å². The molecule has 4 rings (SSSR count). The van der Waals surface area contributed by atoms with Gasteiger partial charge in [0.2, 0.25) is 0 Å². The van der Waals surface area contributed by atoms with Gasteiger partial charge >= 0.3 is 6.36 Å². The van der Waals surface area contributed by atoms with E-state index in [0.717, 1.165) is 16.7 Å². The van der Waals surface area contributed by atoms with Crippen LogP contribution < -0.4 is 4.74 Å². The SMILES string of the molecule is FC(F)(F)Oc1ccc(CSc2nnc(-c3cccnc3)n2Cc2ccccc2)cc1. The third-order valence-corrected chi connectivity index (χ3v) is 5.38. The number of alkyl halides is 3. The highest BCUT2D eigenvalue weighted by Gasteiger charge is 2.30. The molecule has 2 heterocycles. The third kappa shape index (κ3) is 5.64. The Morgan fingerprint density at radius 2 is 1.65 bits per heavy atom. The highest BCUT2D eigenvalue weighted by atomic mass is 32.2. The fraction of sp³-hybridized carbons (Fsp3) is 0.136. The molecule has 0 radical (unpaired) electrons. The fourth-order valence-electron chi connectivity index (χ4n) is 2.95. The van der Waals surface area contributed by atoms with Gasteiger partial charge in [0.1, 0.15) is 5.75 Å². The van der Waals surface area contributed by atoms with Crippen LogP contribution in [0, 0.1) is 0 Å².